The van der Waals surface area contributed by atoms with Crippen molar-refractivity contribution in [2.45, 2.75) is 31.9 Å². The first-order valence-electron chi connectivity index (χ1n) is 10.3. The minimum Gasteiger partial charge on any atom is -0.492 e. The van der Waals surface area contributed by atoms with Gasteiger partial charge >= 0.3 is 0 Å². The number of nitrogens with one attached hydrogen (secondary N) is 1. The normalized spacial score (nSPS) is 12.0. The SMILES string of the molecule is CC(C)(C)c1ccc(OCCNC(=O)CS(=O)(=O)Cc2cccc3ccccc23)cc1. The number of benzene rings is 3. The van der Waals surface area contributed by atoms with Crippen molar-refractivity contribution in [3.05, 3.63) is 77.9 Å². The number of sulfone groups is 1. The van der Waals surface area contributed by atoms with Crippen molar-refractivity contribution in [2.75, 3.05) is 18.9 Å². The Hall–Kier alpha value is -2.86. The minimum atomic E-state index is -3.59. The molecule has 164 valence electrons. The van der Waals surface area contributed by atoms with Crippen molar-refractivity contribution >= 4 is 26.5 Å². The maximum atomic E-state index is 12.5. The molecule has 0 heterocycles. The zero-order chi connectivity index (χ0) is 22.5. The first kappa shape index (κ1) is 22.8. The van der Waals surface area contributed by atoms with Crippen molar-refractivity contribution < 1.29 is 17.9 Å². The van der Waals surface area contributed by atoms with E-state index in [-0.39, 0.29) is 24.3 Å². The van der Waals surface area contributed by atoms with E-state index < -0.39 is 21.5 Å². The molecule has 0 unspecified atom stereocenters. The second-order valence-corrected chi connectivity index (χ2v) is 10.7. The lowest BCUT2D eigenvalue weighted by Crippen LogP contribution is -2.33. The number of amides is 1. The standard InChI is InChI=1S/C25H29NO4S/c1-25(2,3)21-11-13-22(14-12-21)30-16-15-26-24(27)18-31(28,29)17-20-9-6-8-19-7-4-5-10-23(19)20/h4-14H,15-18H2,1-3H3,(H,26,27). The second-order valence-electron chi connectivity index (χ2n) is 8.64. The Labute approximate surface area is 184 Å². The molecule has 0 fully saturated rings. The number of ether oxygens (including phenoxy) is 1. The topological polar surface area (TPSA) is 72.5 Å². The highest BCUT2D eigenvalue weighted by molar-refractivity contribution is 7.91. The lowest BCUT2D eigenvalue weighted by Gasteiger charge is -2.19. The molecule has 3 aromatic carbocycles. The molecule has 5 nitrogen and oxygen atoms in total. The summed E-state index contributed by atoms with van der Waals surface area (Å²) in [7, 11) is -3.59. The molecule has 0 saturated heterocycles. The molecule has 3 aromatic rings. The maximum Gasteiger partial charge on any atom is 0.235 e. The van der Waals surface area contributed by atoms with E-state index in [2.05, 4.69) is 26.1 Å². The average Bonchev–Trinajstić information content (AvgIpc) is 2.70. The minimum absolute atomic E-state index is 0.0734. The summed E-state index contributed by atoms with van der Waals surface area (Å²) in [6.07, 6.45) is 0. The average molecular weight is 440 g/mol. The molecular formula is C25H29NO4S. The molecule has 1 amide bonds. The number of rotatable bonds is 8. The van der Waals surface area contributed by atoms with Gasteiger partial charge in [-0.3, -0.25) is 4.79 Å². The molecule has 3 rings (SSSR count). The Morgan fingerprint density at radius 2 is 1.61 bits per heavy atom. The first-order valence-corrected chi connectivity index (χ1v) is 12.1. The summed E-state index contributed by atoms with van der Waals surface area (Å²) < 4.78 is 30.7. The summed E-state index contributed by atoms with van der Waals surface area (Å²) in [4.78, 5) is 12.1. The lowest BCUT2D eigenvalue weighted by atomic mass is 9.87. The Bertz CT molecular complexity index is 1140. The van der Waals surface area contributed by atoms with E-state index in [1.54, 1.807) is 6.07 Å². The first-order chi connectivity index (χ1) is 14.6. The van der Waals surface area contributed by atoms with Crippen LogP contribution in [0.3, 0.4) is 0 Å². The fourth-order valence-corrected chi connectivity index (χ4v) is 4.70. The molecule has 0 aliphatic heterocycles. The molecule has 0 saturated carbocycles. The summed E-state index contributed by atoms with van der Waals surface area (Å²) in [5.74, 6) is -0.521. The van der Waals surface area contributed by atoms with Gasteiger partial charge in [0.05, 0.1) is 12.3 Å². The second kappa shape index (κ2) is 9.52. The van der Waals surface area contributed by atoms with Crippen molar-refractivity contribution in [1.29, 1.82) is 0 Å². The maximum absolute atomic E-state index is 12.5. The smallest absolute Gasteiger partial charge is 0.235 e. The largest absolute Gasteiger partial charge is 0.492 e. The summed E-state index contributed by atoms with van der Waals surface area (Å²) in [6, 6.07) is 21.0. The molecule has 6 heteroatoms. The van der Waals surface area contributed by atoms with Gasteiger partial charge in [0.25, 0.3) is 0 Å². The van der Waals surface area contributed by atoms with Crippen molar-refractivity contribution in [2.24, 2.45) is 0 Å². The summed E-state index contributed by atoms with van der Waals surface area (Å²) in [5, 5.41) is 4.49. The van der Waals surface area contributed by atoms with Crippen molar-refractivity contribution in [3.63, 3.8) is 0 Å². The highest BCUT2D eigenvalue weighted by Crippen LogP contribution is 2.24. The Morgan fingerprint density at radius 1 is 0.935 bits per heavy atom. The fraction of sp³-hybridized carbons (Fsp3) is 0.320. The van der Waals surface area contributed by atoms with Crippen LogP contribution < -0.4 is 10.1 Å². The molecule has 0 aromatic heterocycles. The Morgan fingerprint density at radius 3 is 2.32 bits per heavy atom. The van der Waals surface area contributed by atoms with E-state index in [0.717, 1.165) is 10.8 Å². The highest BCUT2D eigenvalue weighted by Gasteiger charge is 2.18. The molecule has 0 bridgehead atoms. The van der Waals surface area contributed by atoms with Gasteiger partial charge in [0.1, 0.15) is 18.1 Å². The van der Waals surface area contributed by atoms with Gasteiger partial charge in [0.2, 0.25) is 5.91 Å². The van der Waals surface area contributed by atoms with Crippen LogP contribution in [0.1, 0.15) is 31.9 Å². The van der Waals surface area contributed by atoms with Crippen LogP contribution in [0.2, 0.25) is 0 Å². The monoisotopic (exact) mass is 439 g/mol. The van der Waals surface area contributed by atoms with E-state index in [4.69, 9.17) is 4.74 Å². The van der Waals surface area contributed by atoms with Crippen LogP contribution in [0.4, 0.5) is 0 Å². The van der Waals surface area contributed by atoms with E-state index >= 15 is 0 Å². The van der Waals surface area contributed by atoms with Gasteiger partial charge in [-0.1, -0.05) is 75.4 Å². The quantitative estimate of drug-likeness (QED) is 0.533. The Kier molecular flexibility index (Phi) is 7.01. The summed E-state index contributed by atoms with van der Waals surface area (Å²) >= 11 is 0. The van der Waals surface area contributed by atoms with Gasteiger partial charge in [-0.05, 0) is 39.4 Å². The molecule has 0 atom stereocenters. The molecule has 31 heavy (non-hydrogen) atoms. The number of hydrogen-bond donors (Lipinski definition) is 1. The van der Waals surface area contributed by atoms with Gasteiger partial charge in [-0.15, -0.1) is 0 Å². The van der Waals surface area contributed by atoms with Gasteiger partial charge < -0.3 is 10.1 Å². The zero-order valence-electron chi connectivity index (χ0n) is 18.2. The third kappa shape index (κ3) is 6.56. The van der Waals surface area contributed by atoms with Gasteiger partial charge in [-0.2, -0.15) is 0 Å². The number of hydrogen-bond acceptors (Lipinski definition) is 4. The van der Waals surface area contributed by atoms with E-state index in [0.29, 0.717) is 11.3 Å². The van der Waals surface area contributed by atoms with Crippen LogP contribution in [0.25, 0.3) is 10.8 Å². The predicted octanol–water partition coefficient (Wildman–Crippen LogP) is 4.25. The van der Waals surface area contributed by atoms with Crippen molar-refractivity contribution in [1.82, 2.24) is 5.32 Å². The van der Waals surface area contributed by atoms with Gasteiger partial charge in [-0.25, -0.2) is 8.42 Å². The van der Waals surface area contributed by atoms with Crippen LogP contribution in [0.15, 0.2) is 66.7 Å². The summed E-state index contributed by atoms with van der Waals surface area (Å²) in [5.41, 5.74) is 1.99. The number of fused-ring (bicyclic) bond motifs is 1. The molecular weight excluding hydrogens is 410 g/mol. The number of carbonyl (C=O) groups excluding carboxylic acids is 1. The van der Waals surface area contributed by atoms with Crippen LogP contribution in [-0.4, -0.2) is 33.2 Å². The van der Waals surface area contributed by atoms with Crippen LogP contribution in [-0.2, 0) is 25.8 Å². The molecule has 0 aliphatic rings. The predicted molar refractivity (Wildman–Crippen MR) is 125 cm³/mol. The summed E-state index contributed by atoms with van der Waals surface area (Å²) in [6.45, 7) is 6.94. The van der Waals surface area contributed by atoms with Crippen molar-refractivity contribution in [3.8, 4) is 5.75 Å². The van der Waals surface area contributed by atoms with Gasteiger partial charge in [0.15, 0.2) is 9.84 Å². The van der Waals surface area contributed by atoms with E-state index in [9.17, 15) is 13.2 Å². The van der Waals surface area contributed by atoms with E-state index in [1.807, 2.05) is 60.7 Å². The Balaban J connectivity index is 1.47. The lowest BCUT2D eigenvalue weighted by molar-refractivity contribution is -0.118. The fourth-order valence-electron chi connectivity index (χ4n) is 3.37. The molecule has 0 radical (unpaired) electrons. The van der Waals surface area contributed by atoms with Gasteiger partial charge in [0, 0.05) is 0 Å². The third-order valence-corrected chi connectivity index (χ3v) is 6.47. The third-order valence-electron chi connectivity index (χ3n) is 5.02. The number of carbonyl (C=O) groups is 1. The van der Waals surface area contributed by atoms with Crippen LogP contribution in [0, 0.1) is 0 Å². The van der Waals surface area contributed by atoms with Crippen LogP contribution >= 0.6 is 0 Å². The van der Waals surface area contributed by atoms with Crippen LogP contribution in [0.5, 0.6) is 5.75 Å². The highest BCUT2D eigenvalue weighted by atomic mass is 32.2. The van der Waals surface area contributed by atoms with E-state index in [1.165, 1.54) is 5.56 Å². The zero-order valence-corrected chi connectivity index (χ0v) is 19.0. The molecule has 1 N–H and O–H groups in total. The molecule has 0 spiro atoms. The molecule has 0 aliphatic carbocycles.